The van der Waals surface area contributed by atoms with E-state index in [1.165, 1.54) is 0 Å². The average molecular weight is 166 g/mol. The van der Waals surface area contributed by atoms with Crippen LogP contribution in [0.4, 0.5) is 5.69 Å². The third-order valence-corrected chi connectivity index (χ3v) is 1.40. The molecule has 0 saturated heterocycles. The van der Waals surface area contributed by atoms with Crippen molar-refractivity contribution in [1.82, 2.24) is 4.98 Å². The lowest BCUT2D eigenvalue weighted by atomic mass is 10.3. The van der Waals surface area contributed by atoms with Crippen LogP contribution in [-0.2, 0) is 0 Å². The summed E-state index contributed by atoms with van der Waals surface area (Å²) in [5.74, 6) is 0.643. The molecule has 0 bridgehead atoms. The van der Waals surface area contributed by atoms with Crippen LogP contribution in [-0.4, -0.2) is 18.1 Å². The van der Waals surface area contributed by atoms with E-state index < -0.39 is 0 Å². The normalized spacial score (nSPS) is 10.0. The van der Waals surface area contributed by atoms with Crippen molar-refractivity contribution in [3.63, 3.8) is 0 Å². The number of nitrogens with zero attached hydrogens (tertiary/aromatic N) is 1. The van der Waals surface area contributed by atoms with Crippen LogP contribution < -0.4 is 10.1 Å². The standard InChI is InChI=1S/C9H14N2O/c1-7(2)11-8-4-5-9(12-3)10-6-8/h4-7,11H,1-3H3. The quantitative estimate of drug-likeness (QED) is 0.744. The number of aromatic nitrogens is 1. The molecule has 0 fully saturated rings. The minimum absolute atomic E-state index is 0.431. The van der Waals surface area contributed by atoms with Crippen molar-refractivity contribution in [2.24, 2.45) is 0 Å². The lowest BCUT2D eigenvalue weighted by molar-refractivity contribution is 0.398. The second-order valence-corrected chi connectivity index (χ2v) is 2.89. The molecule has 0 radical (unpaired) electrons. The van der Waals surface area contributed by atoms with E-state index in [1.807, 2.05) is 12.1 Å². The zero-order chi connectivity index (χ0) is 8.97. The van der Waals surface area contributed by atoms with E-state index in [9.17, 15) is 0 Å². The van der Waals surface area contributed by atoms with Gasteiger partial charge in [-0.05, 0) is 19.9 Å². The van der Waals surface area contributed by atoms with E-state index in [0.717, 1.165) is 5.69 Å². The fourth-order valence-corrected chi connectivity index (χ4v) is 0.920. The van der Waals surface area contributed by atoms with E-state index in [4.69, 9.17) is 4.74 Å². The summed E-state index contributed by atoms with van der Waals surface area (Å²) in [7, 11) is 1.61. The van der Waals surface area contributed by atoms with Crippen molar-refractivity contribution < 1.29 is 4.74 Å². The number of anilines is 1. The van der Waals surface area contributed by atoms with Crippen molar-refractivity contribution in [3.05, 3.63) is 18.3 Å². The molecule has 0 aliphatic carbocycles. The van der Waals surface area contributed by atoms with Gasteiger partial charge in [-0.2, -0.15) is 0 Å². The SMILES string of the molecule is COc1ccc(NC(C)C)cn1. The van der Waals surface area contributed by atoms with Gasteiger partial charge >= 0.3 is 0 Å². The molecule has 0 spiro atoms. The molecule has 3 heteroatoms. The summed E-state index contributed by atoms with van der Waals surface area (Å²) < 4.78 is 4.94. The van der Waals surface area contributed by atoms with Gasteiger partial charge in [0.1, 0.15) is 0 Å². The molecule has 0 unspecified atom stereocenters. The minimum atomic E-state index is 0.431. The molecule has 0 aromatic carbocycles. The van der Waals surface area contributed by atoms with Gasteiger partial charge in [0.2, 0.25) is 5.88 Å². The number of rotatable bonds is 3. The van der Waals surface area contributed by atoms with Crippen molar-refractivity contribution in [1.29, 1.82) is 0 Å². The molecule has 1 N–H and O–H groups in total. The summed E-state index contributed by atoms with van der Waals surface area (Å²) in [4.78, 5) is 4.07. The molecule has 0 amide bonds. The number of nitrogens with one attached hydrogen (secondary N) is 1. The van der Waals surface area contributed by atoms with Gasteiger partial charge in [0.05, 0.1) is 19.0 Å². The van der Waals surface area contributed by atoms with E-state index in [-0.39, 0.29) is 0 Å². The van der Waals surface area contributed by atoms with Gasteiger partial charge in [-0.15, -0.1) is 0 Å². The Morgan fingerprint density at radius 2 is 2.17 bits per heavy atom. The molecule has 1 aromatic heterocycles. The van der Waals surface area contributed by atoms with Gasteiger partial charge in [-0.25, -0.2) is 4.98 Å². The van der Waals surface area contributed by atoms with Crippen LogP contribution in [0.15, 0.2) is 18.3 Å². The fraction of sp³-hybridized carbons (Fsp3) is 0.444. The molecule has 66 valence electrons. The summed E-state index contributed by atoms with van der Waals surface area (Å²) in [6.45, 7) is 4.18. The number of pyridine rings is 1. The average Bonchev–Trinajstić information content (AvgIpc) is 2.05. The maximum atomic E-state index is 4.94. The van der Waals surface area contributed by atoms with Crippen molar-refractivity contribution in [2.75, 3.05) is 12.4 Å². The lowest BCUT2D eigenvalue weighted by Crippen LogP contribution is -2.09. The first-order valence-corrected chi connectivity index (χ1v) is 3.99. The van der Waals surface area contributed by atoms with Crippen LogP contribution in [0.3, 0.4) is 0 Å². The summed E-state index contributed by atoms with van der Waals surface area (Å²) in [6.07, 6.45) is 1.76. The van der Waals surface area contributed by atoms with Crippen LogP contribution in [0.25, 0.3) is 0 Å². The molecule has 12 heavy (non-hydrogen) atoms. The molecule has 1 aromatic rings. The maximum Gasteiger partial charge on any atom is 0.213 e. The Hall–Kier alpha value is -1.25. The highest BCUT2D eigenvalue weighted by Crippen LogP contribution is 2.11. The Labute approximate surface area is 72.8 Å². The number of hydrogen-bond donors (Lipinski definition) is 1. The molecule has 3 nitrogen and oxygen atoms in total. The zero-order valence-electron chi connectivity index (χ0n) is 7.66. The van der Waals surface area contributed by atoms with Crippen LogP contribution >= 0.6 is 0 Å². The predicted octanol–water partition coefficient (Wildman–Crippen LogP) is 1.91. The fourth-order valence-electron chi connectivity index (χ4n) is 0.920. The van der Waals surface area contributed by atoms with E-state index in [0.29, 0.717) is 11.9 Å². The first-order chi connectivity index (χ1) is 5.72. The minimum Gasteiger partial charge on any atom is -0.481 e. The molecular formula is C9H14N2O. The smallest absolute Gasteiger partial charge is 0.213 e. The Kier molecular flexibility index (Phi) is 2.91. The van der Waals surface area contributed by atoms with Gasteiger partial charge in [0.15, 0.2) is 0 Å². The van der Waals surface area contributed by atoms with E-state index in [2.05, 4.69) is 24.1 Å². The third-order valence-electron chi connectivity index (χ3n) is 1.40. The molecule has 0 atom stereocenters. The highest BCUT2D eigenvalue weighted by atomic mass is 16.5. The topological polar surface area (TPSA) is 34.1 Å². The van der Waals surface area contributed by atoms with Crippen LogP contribution in [0.5, 0.6) is 5.88 Å². The monoisotopic (exact) mass is 166 g/mol. The van der Waals surface area contributed by atoms with E-state index in [1.54, 1.807) is 13.3 Å². The molecule has 1 heterocycles. The largest absolute Gasteiger partial charge is 0.481 e. The Bertz CT molecular complexity index is 231. The molecular weight excluding hydrogens is 152 g/mol. The van der Waals surface area contributed by atoms with Crippen molar-refractivity contribution in [3.8, 4) is 5.88 Å². The van der Waals surface area contributed by atoms with Crippen LogP contribution in [0, 0.1) is 0 Å². The van der Waals surface area contributed by atoms with Gasteiger partial charge in [-0.1, -0.05) is 0 Å². The molecule has 0 saturated carbocycles. The zero-order valence-corrected chi connectivity index (χ0v) is 7.66. The Balaban J connectivity index is 2.65. The van der Waals surface area contributed by atoms with Crippen molar-refractivity contribution in [2.45, 2.75) is 19.9 Å². The van der Waals surface area contributed by atoms with Crippen LogP contribution in [0.2, 0.25) is 0 Å². The predicted molar refractivity (Wildman–Crippen MR) is 49.5 cm³/mol. The Morgan fingerprint density at radius 3 is 2.58 bits per heavy atom. The van der Waals surface area contributed by atoms with Gasteiger partial charge in [0, 0.05) is 12.1 Å². The summed E-state index contributed by atoms with van der Waals surface area (Å²) in [5.41, 5.74) is 1.02. The number of hydrogen-bond acceptors (Lipinski definition) is 3. The first kappa shape index (κ1) is 8.84. The summed E-state index contributed by atoms with van der Waals surface area (Å²) in [5, 5.41) is 3.24. The van der Waals surface area contributed by atoms with Gasteiger partial charge in [0.25, 0.3) is 0 Å². The molecule has 0 aliphatic rings. The van der Waals surface area contributed by atoms with Crippen LogP contribution in [0.1, 0.15) is 13.8 Å². The van der Waals surface area contributed by atoms with Gasteiger partial charge < -0.3 is 10.1 Å². The molecule has 0 aliphatic heterocycles. The molecule has 1 rings (SSSR count). The number of ether oxygens (including phenoxy) is 1. The lowest BCUT2D eigenvalue weighted by Gasteiger charge is -2.09. The second kappa shape index (κ2) is 3.95. The highest BCUT2D eigenvalue weighted by Gasteiger charge is 1.95. The summed E-state index contributed by atoms with van der Waals surface area (Å²) in [6, 6.07) is 4.22. The highest BCUT2D eigenvalue weighted by molar-refractivity contribution is 5.42. The number of methoxy groups -OCH3 is 1. The van der Waals surface area contributed by atoms with E-state index >= 15 is 0 Å². The first-order valence-electron chi connectivity index (χ1n) is 3.99. The van der Waals surface area contributed by atoms with Crippen molar-refractivity contribution >= 4 is 5.69 Å². The Morgan fingerprint density at radius 1 is 1.42 bits per heavy atom. The third kappa shape index (κ3) is 2.42. The van der Waals surface area contributed by atoms with Gasteiger partial charge in [-0.3, -0.25) is 0 Å². The summed E-state index contributed by atoms with van der Waals surface area (Å²) >= 11 is 0. The maximum absolute atomic E-state index is 4.94. The second-order valence-electron chi connectivity index (χ2n) is 2.89.